The Morgan fingerprint density at radius 2 is 1.84 bits per heavy atom. The predicted molar refractivity (Wildman–Crippen MR) is 97.1 cm³/mol. The molecule has 2 heterocycles. The van der Waals surface area contributed by atoms with Crippen LogP contribution in [0.2, 0.25) is 0 Å². The van der Waals surface area contributed by atoms with Gasteiger partial charge in [0, 0.05) is 17.9 Å². The van der Waals surface area contributed by atoms with Crippen LogP contribution < -0.4 is 15.5 Å². The maximum absolute atomic E-state index is 11.9. The average Bonchev–Trinajstić information content (AvgIpc) is 3.27. The Balaban J connectivity index is 1.34. The van der Waals surface area contributed by atoms with Crippen LogP contribution >= 0.6 is 0 Å². The number of urea groups is 1. The number of rotatable bonds is 7. The second-order valence-corrected chi connectivity index (χ2v) is 6.45. The van der Waals surface area contributed by atoms with Crippen molar-refractivity contribution in [3.63, 3.8) is 0 Å². The summed E-state index contributed by atoms with van der Waals surface area (Å²) in [5.74, 6) is 0. The molecule has 0 unspecified atom stereocenters. The minimum absolute atomic E-state index is 0.200. The van der Waals surface area contributed by atoms with E-state index in [2.05, 4.69) is 15.5 Å². The van der Waals surface area contributed by atoms with E-state index in [1.807, 2.05) is 0 Å². The Hall–Kier alpha value is -2.28. The fraction of sp³-hybridized carbons (Fsp3) is 0.556. The molecule has 3 rings (SSSR count). The Labute approximate surface area is 148 Å². The van der Waals surface area contributed by atoms with Crippen LogP contribution in [0.15, 0.2) is 24.3 Å². The van der Waals surface area contributed by atoms with Gasteiger partial charge in [-0.05, 0) is 69.6 Å². The van der Waals surface area contributed by atoms with Gasteiger partial charge in [-0.2, -0.15) is 0 Å². The SMILES string of the molecule is O=C(NCCCCN1CCCC1)Nc1ccc(N2CCOC2=O)cc1. The standard InChI is InChI=1S/C18H26N4O3/c23-17(19-9-1-2-10-21-11-3-4-12-21)20-15-5-7-16(8-6-15)22-13-14-25-18(22)24/h5-8H,1-4,9-14H2,(H2,19,20,23). The van der Waals surface area contributed by atoms with Crippen LogP contribution in [0.25, 0.3) is 0 Å². The van der Waals surface area contributed by atoms with Gasteiger partial charge >= 0.3 is 12.1 Å². The van der Waals surface area contributed by atoms with Gasteiger partial charge in [0.25, 0.3) is 0 Å². The molecule has 2 aliphatic heterocycles. The van der Waals surface area contributed by atoms with E-state index in [9.17, 15) is 9.59 Å². The van der Waals surface area contributed by atoms with Gasteiger partial charge in [-0.15, -0.1) is 0 Å². The maximum atomic E-state index is 11.9. The van der Waals surface area contributed by atoms with E-state index in [0.717, 1.165) is 25.1 Å². The zero-order chi connectivity index (χ0) is 17.5. The van der Waals surface area contributed by atoms with Crippen molar-refractivity contribution in [1.82, 2.24) is 10.2 Å². The van der Waals surface area contributed by atoms with Crippen LogP contribution in [-0.4, -0.2) is 56.4 Å². The fourth-order valence-electron chi connectivity index (χ4n) is 3.20. The summed E-state index contributed by atoms with van der Waals surface area (Å²) in [6.45, 7) is 5.22. The number of anilines is 2. The third kappa shape index (κ3) is 5.09. The third-order valence-corrected chi connectivity index (χ3v) is 4.58. The molecule has 0 saturated carbocycles. The lowest BCUT2D eigenvalue weighted by Crippen LogP contribution is -2.30. The molecule has 1 aromatic carbocycles. The summed E-state index contributed by atoms with van der Waals surface area (Å²) in [6.07, 6.45) is 4.41. The quantitative estimate of drug-likeness (QED) is 0.745. The highest BCUT2D eigenvalue weighted by Gasteiger charge is 2.23. The molecule has 0 aromatic heterocycles. The molecule has 0 radical (unpaired) electrons. The van der Waals surface area contributed by atoms with Crippen molar-refractivity contribution in [2.24, 2.45) is 0 Å². The first-order chi connectivity index (χ1) is 12.2. The van der Waals surface area contributed by atoms with Crippen molar-refractivity contribution in [3.05, 3.63) is 24.3 Å². The molecule has 3 amide bonds. The normalized spacial score (nSPS) is 17.6. The number of hydrogen-bond acceptors (Lipinski definition) is 4. The minimum Gasteiger partial charge on any atom is -0.447 e. The van der Waals surface area contributed by atoms with Crippen LogP contribution in [0.1, 0.15) is 25.7 Å². The van der Waals surface area contributed by atoms with E-state index in [-0.39, 0.29) is 12.1 Å². The molecule has 2 N–H and O–H groups in total. The molecule has 0 spiro atoms. The predicted octanol–water partition coefficient (Wildman–Crippen LogP) is 2.64. The molecule has 7 heteroatoms. The second-order valence-electron chi connectivity index (χ2n) is 6.45. The first kappa shape index (κ1) is 17.5. The Kier molecular flexibility index (Phi) is 6.11. The molecule has 0 aliphatic carbocycles. The number of cyclic esters (lactones) is 1. The van der Waals surface area contributed by atoms with Crippen molar-refractivity contribution in [2.45, 2.75) is 25.7 Å². The number of benzene rings is 1. The van der Waals surface area contributed by atoms with Crippen LogP contribution in [0.3, 0.4) is 0 Å². The molecule has 2 aliphatic rings. The zero-order valence-electron chi connectivity index (χ0n) is 14.5. The minimum atomic E-state index is -0.326. The van der Waals surface area contributed by atoms with E-state index in [4.69, 9.17) is 4.74 Å². The van der Waals surface area contributed by atoms with Crippen LogP contribution in [-0.2, 0) is 4.74 Å². The summed E-state index contributed by atoms with van der Waals surface area (Å²) >= 11 is 0. The zero-order valence-corrected chi connectivity index (χ0v) is 14.5. The lowest BCUT2D eigenvalue weighted by Gasteiger charge is -2.14. The summed E-state index contributed by atoms with van der Waals surface area (Å²) in [6, 6.07) is 6.98. The number of likely N-dealkylation sites (tertiary alicyclic amines) is 1. The summed E-state index contributed by atoms with van der Waals surface area (Å²) in [7, 11) is 0. The van der Waals surface area contributed by atoms with Crippen LogP contribution in [0, 0.1) is 0 Å². The summed E-state index contributed by atoms with van der Waals surface area (Å²) in [4.78, 5) is 27.5. The molecule has 136 valence electrons. The van der Waals surface area contributed by atoms with E-state index >= 15 is 0 Å². The number of carbonyl (C=O) groups excluding carboxylic acids is 2. The van der Waals surface area contributed by atoms with Gasteiger partial charge in [0.2, 0.25) is 0 Å². The first-order valence-corrected chi connectivity index (χ1v) is 9.04. The molecule has 1 aromatic rings. The highest BCUT2D eigenvalue weighted by molar-refractivity contribution is 5.91. The molecule has 2 saturated heterocycles. The lowest BCUT2D eigenvalue weighted by molar-refractivity contribution is 0.181. The highest BCUT2D eigenvalue weighted by atomic mass is 16.6. The number of nitrogens with one attached hydrogen (secondary N) is 2. The van der Waals surface area contributed by atoms with Gasteiger partial charge in [0.1, 0.15) is 6.61 Å². The smallest absolute Gasteiger partial charge is 0.414 e. The summed E-state index contributed by atoms with van der Waals surface area (Å²) in [5, 5.41) is 5.69. The number of hydrogen-bond donors (Lipinski definition) is 2. The molecular formula is C18H26N4O3. The fourth-order valence-corrected chi connectivity index (χ4v) is 3.20. The van der Waals surface area contributed by atoms with Gasteiger partial charge < -0.3 is 20.3 Å². The van der Waals surface area contributed by atoms with Crippen molar-refractivity contribution in [2.75, 3.05) is 49.5 Å². The Morgan fingerprint density at radius 1 is 1.08 bits per heavy atom. The van der Waals surface area contributed by atoms with E-state index in [0.29, 0.717) is 25.4 Å². The lowest BCUT2D eigenvalue weighted by atomic mass is 10.2. The largest absolute Gasteiger partial charge is 0.447 e. The number of ether oxygens (including phenoxy) is 1. The average molecular weight is 346 g/mol. The molecule has 2 fully saturated rings. The van der Waals surface area contributed by atoms with Gasteiger partial charge in [0.15, 0.2) is 0 Å². The number of amides is 3. The number of nitrogens with zero attached hydrogens (tertiary/aromatic N) is 2. The van der Waals surface area contributed by atoms with Gasteiger partial charge in [-0.1, -0.05) is 0 Å². The molecular weight excluding hydrogens is 320 g/mol. The van der Waals surface area contributed by atoms with Gasteiger partial charge in [-0.25, -0.2) is 9.59 Å². The Morgan fingerprint density at radius 3 is 2.52 bits per heavy atom. The first-order valence-electron chi connectivity index (χ1n) is 9.04. The monoisotopic (exact) mass is 346 g/mol. The molecule has 25 heavy (non-hydrogen) atoms. The van der Waals surface area contributed by atoms with Crippen molar-refractivity contribution in [1.29, 1.82) is 0 Å². The van der Waals surface area contributed by atoms with Crippen molar-refractivity contribution in [3.8, 4) is 0 Å². The van der Waals surface area contributed by atoms with E-state index in [1.54, 1.807) is 29.2 Å². The van der Waals surface area contributed by atoms with Crippen molar-refractivity contribution >= 4 is 23.5 Å². The molecule has 0 bridgehead atoms. The summed E-state index contributed by atoms with van der Waals surface area (Å²) in [5.41, 5.74) is 1.47. The van der Waals surface area contributed by atoms with Gasteiger partial charge in [-0.3, -0.25) is 4.90 Å². The number of unbranched alkanes of at least 4 members (excludes halogenated alkanes) is 1. The highest BCUT2D eigenvalue weighted by Crippen LogP contribution is 2.20. The van der Waals surface area contributed by atoms with E-state index < -0.39 is 0 Å². The molecule has 0 atom stereocenters. The maximum Gasteiger partial charge on any atom is 0.414 e. The topological polar surface area (TPSA) is 73.9 Å². The van der Waals surface area contributed by atoms with E-state index in [1.165, 1.54) is 25.9 Å². The van der Waals surface area contributed by atoms with Crippen LogP contribution in [0.5, 0.6) is 0 Å². The summed E-state index contributed by atoms with van der Waals surface area (Å²) < 4.78 is 4.92. The third-order valence-electron chi connectivity index (χ3n) is 4.58. The number of carbonyl (C=O) groups is 2. The van der Waals surface area contributed by atoms with Crippen LogP contribution in [0.4, 0.5) is 21.0 Å². The second kappa shape index (κ2) is 8.71. The molecule has 7 nitrogen and oxygen atoms in total. The van der Waals surface area contributed by atoms with Crippen molar-refractivity contribution < 1.29 is 14.3 Å². The Bertz CT molecular complexity index is 584. The van der Waals surface area contributed by atoms with Gasteiger partial charge in [0.05, 0.1) is 6.54 Å².